The first kappa shape index (κ1) is 11.3. The number of thiophene rings is 1. The molecule has 0 radical (unpaired) electrons. The van der Waals surface area contributed by atoms with Gasteiger partial charge in [-0.05, 0) is 37.9 Å². The monoisotopic (exact) mass is 351 g/mol. The van der Waals surface area contributed by atoms with E-state index in [1.807, 2.05) is 0 Å². The maximum absolute atomic E-state index is 4.63. The summed E-state index contributed by atoms with van der Waals surface area (Å²) in [5, 5.41) is 6.93. The molecule has 0 atom stereocenters. The molecule has 2 aromatic rings. The molecule has 0 amide bonds. The second kappa shape index (κ2) is 5.20. The van der Waals surface area contributed by atoms with Crippen LogP contribution in [0.2, 0.25) is 0 Å². The molecule has 0 aliphatic carbocycles. The Morgan fingerprint density at radius 3 is 2.87 bits per heavy atom. The summed E-state index contributed by atoms with van der Waals surface area (Å²) in [4.78, 5) is 5.16. The number of hydrogen-bond acceptors (Lipinski definition) is 5. The van der Waals surface area contributed by atoms with Crippen molar-refractivity contribution in [1.82, 2.24) is 15.5 Å². The molecule has 0 aromatic carbocycles. The third-order valence-electron chi connectivity index (χ3n) is 1.69. The number of aromatic nitrogens is 2. The average Bonchev–Trinajstić information content (AvgIpc) is 2.79. The lowest BCUT2D eigenvalue weighted by molar-refractivity contribution is 0.407. The molecule has 0 aliphatic rings. The van der Waals surface area contributed by atoms with E-state index in [9.17, 15) is 0 Å². The molecule has 0 saturated heterocycles. The number of halogens is 2. The van der Waals surface area contributed by atoms with Crippen LogP contribution < -0.4 is 5.32 Å². The highest BCUT2D eigenvalue weighted by atomic mass is 79.9. The molecule has 0 unspecified atom stereocenters. The first-order valence-corrected chi connectivity index (χ1v) is 6.55. The first-order valence-electron chi connectivity index (χ1n) is 4.15. The lowest BCUT2D eigenvalue weighted by atomic mass is 10.4. The zero-order valence-corrected chi connectivity index (χ0v) is 11.5. The molecular formula is C8H7Br2N3OS. The third-order valence-corrected chi connectivity index (χ3v) is 4.94. The van der Waals surface area contributed by atoms with Gasteiger partial charge in [-0.15, -0.1) is 11.3 Å². The van der Waals surface area contributed by atoms with Gasteiger partial charge in [-0.2, -0.15) is 4.98 Å². The zero-order chi connectivity index (χ0) is 10.7. The van der Waals surface area contributed by atoms with Gasteiger partial charge in [-0.1, -0.05) is 5.16 Å². The van der Waals surface area contributed by atoms with Crippen molar-refractivity contribution in [3.05, 3.63) is 31.4 Å². The van der Waals surface area contributed by atoms with Crippen molar-refractivity contribution >= 4 is 43.2 Å². The quantitative estimate of drug-likeness (QED) is 0.919. The largest absolute Gasteiger partial charge is 0.343 e. The van der Waals surface area contributed by atoms with Gasteiger partial charge in [0.05, 0.1) is 10.3 Å². The Kier molecular flexibility index (Phi) is 3.90. The van der Waals surface area contributed by atoms with Crippen LogP contribution >= 0.6 is 43.2 Å². The van der Waals surface area contributed by atoms with Crippen LogP contribution in [-0.2, 0) is 13.1 Å². The number of hydrogen-bond donors (Lipinski definition) is 1. The summed E-state index contributed by atoms with van der Waals surface area (Å²) in [5.74, 6) is 0.671. The summed E-state index contributed by atoms with van der Waals surface area (Å²) in [6, 6.07) is 2.08. The average molecular weight is 353 g/mol. The zero-order valence-electron chi connectivity index (χ0n) is 7.54. The van der Waals surface area contributed by atoms with E-state index in [4.69, 9.17) is 0 Å². The summed E-state index contributed by atoms with van der Waals surface area (Å²) in [6.07, 6.45) is 1.33. The molecule has 0 spiro atoms. The van der Waals surface area contributed by atoms with Crippen molar-refractivity contribution in [2.24, 2.45) is 0 Å². The Morgan fingerprint density at radius 1 is 1.40 bits per heavy atom. The molecule has 2 rings (SSSR count). The van der Waals surface area contributed by atoms with Crippen LogP contribution in [0.3, 0.4) is 0 Å². The van der Waals surface area contributed by atoms with Gasteiger partial charge in [0.1, 0.15) is 0 Å². The standard InChI is InChI=1S/C8H7Br2N3OS/c9-6-1-5(15-8(6)10)2-11-3-7-12-4-14-13-7/h1,4,11H,2-3H2. The second-order valence-electron chi connectivity index (χ2n) is 2.79. The van der Waals surface area contributed by atoms with E-state index in [-0.39, 0.29) is 0 Å². The van der Waals surface area contributed by atoms with Crippen molar-refractivity contribution in [3.8, 4) is 0 Å². The van der Waals surface area contributed by atoms with Crippen LogP contribution in [0.15, 0.2) is 25.2 Å². The van der Waals surface area contributed by atoms with E-state index < -0.39 is 0 Å². The number of nitrogens with zero attached hydrogens (tertiary/aromatic N) is 2. The first-order chi connectivity index (χ1) is 7.25. The van der Waals surface area contributed by atoms with Crippen LogP contribution in [0.1, 0.15) is 10.7 Å². The molecule has 80 valence electrons. The molecule has 0 bridgehead atoms. The highest BCUT2D eigenvalue weighted by Gasteiger charge is 2.04. The Bertz CT molecular complexity index is 410. The van der Waals surface area contributed by atoms with Crippen LogP contribution in [0.4, 0.5) is 0 Å². The van der Waals surface area contributed by atoms with Crippen molar-refractivity contribution in [3.63, 3.8) is 0 Å². The van der Waals surface area contributed by atoms with Gasteiger partial charge in [0.2, 0.25) is 6.39 Å². The molecule has 0 fully saturated rings. The van der Waals surface area contributed by atoms with Crippen molar-refractivity contribution in [2.75, 3.05) is 0 Å². The van der Waals surface area contributed by atoms with Crippen LogP contribution in [0.5, 0.6) is 0 Å². The molecule has 2 heterocycles. The highest BCUT2D eigenvalue weighted by molar-refractivity contribution is 9.13. The van der Waals surface area contributed by atoms with Gasteiger partial charge in [-0.25, -0.2) is 0 Å². The summed E-state index contributed by atoms with van der Waals surface area (Å²) < 4.78 is 6.82. The number of nitrogens with one attached hydrogen (secondary N) is 1. The Labute approximate surface area is 107 Å². The minimum Gasteiger partial charge on any atom is -0.343 e. The summed E-state index contributed by atoms with van der Waals surface area (Å²) in [5.41, 5.74) is 0. The summed E-state index contributed by atoms with van der Waals surface area (Å²) in [6.45, 7) is 1.41. The fourth-order valence-corrected chi connectivity index (χ4v) is 3.19. The predicted octanol–water partition coefficient (Wildman–Crippen LogP) is 2.95. The van der Waals surface area contributed by atoms with Gasteiger partial charge in [-0.3, -0.25) is 0 Å². The van der Waals surface area contributed by atoms with Crippen LogP contribution in [-0.4, -0.2) is 10.1 Å². The summed E-state index contributed by atoms with van der Waals surface area (Å²) in [7, 11) is 0. The molecule has 0 saturated carbocycles. The molecule has 15 heavy (non-hydrogen) atoms. The molecule has 1 N–H and O–H groups in total. The van der Waals surface area contributed by atoms with Crippen molar-refractivity contribution in [2.45, 2.75) is 13.1 Å². The summed E-state index contributed by atoms with van der Waals surface area (Å²) >= 11 is 8.59. The van der Waals surface area contributed by atoms with E-state index >= 15 is 0 Å². The van der Waals surface area contributed by atoms with E-state index in [0.29, 0.717) is 12.4 Å². The lowest BCUT2D eigenvalue weighted by Crippen LogP contribution is -2.12. The Morgan fingerprint density at radius 2 is 2.27 bits per heavy atom. The van der Waals surface area contributed by atoms with Crippen LogP contribution in [0.25, 0.3) is 0 Å². The topological polar surface area (TPSA) is 51.0 Å². The van der Waals surface area contributed by atoms with E-state index in [2.05, 4.69) is 57.9 Å². The van der Waals surface area contributed by atoms with E-state index in [1.165, 1.54) is 11.3 Å². The highest BCUT2D eigenvalue weighted by Crippen LogP contribution is 2.32. The van der Waals surface area contributed by atoms with E-state index in [0.717, 1.165) is 14.8 Å². The molecule has 7 heteroatoms. The van der Waals surface area contributed by atoms with Gasteiger partial charge in [0.25, 0.3) is 0 Å². The van der Waals surface area contributed by atoms with Crippen molar-refractivity contribution < 1.29 is 4.52 Å². The number of rotatable bonds is 4. The van der Waals surface area contributed by atoms with Gasteiger partial charge in [0, 0.05) is 15.9 Å². The Balaban J connectivity index is 1.83. The van der Waals surface area contributed by atoms with Gasteiger partial charge >= 0.3 is 0 Å². The maximum Gasteiger partial charge on any atom is 0.213 e. The molecule has 4 nitrogen and oxygen atoms in total. The molecule has 2 aromatic heterocycles. The Hall–Kier alpha value is -0.240. The smallest absolute Gasteiger partial charge is 0.213 e. The molecular weight excluding hydrogens is 346 g/mol. The minimum absolute atomic E-state index is 0.615. The van der Waals surface area contributed by atoms with Gasteiger partial charge < -0.3 is 9.84 Å². The predicted molar refractivity (Wildman–Crippen MR) is 64.6 cm³/mol. The van der Waals surface area contributed by atoms with Gasteiger partial charge in [0.15, 0.2) is 5.82 Å². The lowest BCUT2D eigenvalue weighted by Gasteiger charge is -1.97. The fraction of sp³-hybridized carbons (Fsp3) is 0.250. The van der Waals surface area contributed by atoms with E-state index in [1.54, 1.807) is 11.3 Å². The van der Waals surface area contributed by atoms with Crippen LogP contribution in [0, 0.1) is 0 Å². The molecule has 0 aliphatic heterocycles. The minimum atomic E-state index is 0.615. The normalized spacial score (nSPS) is 10.8. The maximum atomic E-state index is 4.63. The second-order valence-corrected chi connectivity index (χ2v) is 6.09. The third kappa shape index (κ3) is 3.10. The SMILES string of the molecule is Brc1cc(CNCc2ncon2)sc1Br. The van der Waals surface area contributed by atoms with Crippen molar-refractivity contribution in [1.29, 1.82) is 0 Å². The fourth-order valence-electron chi connectivity index (χ4n) is 1.05.